The van der Waals surface area contributed by atoms with Gasteiger partial charge in [0.15, 0.2) is 0 Å². The number of anilines is 1. The molecule has 1 atom stereocenters. The van der Waals surface area contributed by atoms with Crippen LogP contribution >= 0.6 is 0 Å². The summed E-state index contributed by atoms with van der Waals surface area (Å²) in [4.78, 5) is 6.65. The maximum atomic E-state index is 9.14. The number of aliphatic hydroxyl groups is 1. The SMILES string of the molecule is CCNc1ncccc1CN1CCOC(CO)C1. The third-order valence-corrected chi connectivity index (χ3v) is 3.06. The van der Waals surface area contributed by atoms with Gasteiger partial charge >= 0.3 is 0 Å². The molecule has 18 heavy (non-hydrogen) atoms. The molecular weight excluding hydrogens is 230 g/mol. The zero-order valence-corrected chi connectivity index (χ0v) is 10.8. The highest BCUT2D eigenvalue weighted by Gasteiger charge is 2.20. The lowest BCUT2D eigenvalue weighted by Gasteiger charge is -2.32. The molecule has 1 aromatic rings. The number of hydrogen-bond acceptors (Lipinski definition) is 5. The highest BCUT2D eigenvalue weighted by atomic mass is 16.5. The van der Waals surface area contributed by atoms with Crippen molar-refractivity contribution in [3.05, 3.63) is 23.9 Å². The summed E-state index contributed by atoms with van der Waals surface area (Å²) < 4.78 is 5.45. The predicted molar refractivity (Wildman–Crippen MR) is 70.5 cm³/mol. The van der Waals surface area contributed by atoms with E-state index in [9.17, 15) is 0 Å². The average Bonchev–Trinajstić information content (AvgIpc) is 2.41. The van der Waals surface area contributed by atoms with Crippen molar-refractivity contribution in [3.8, 4) is 0 Å². The molecule has 2 N–H and O–H groups in total. The van der Waals surface area contributed by atoms with Crippen LogP contribution in [0.4, 0.5) is 5.82 Å². The minimum atomic E-state index is -0.0574. The molecule has 1 fully saturated rings. The summed E-state index contributed by atoms with van der Waals surface area (Å²) >= 11 is 0. The number of pyridine rings is 1. The predicted octanol–water partition coefficient (Wildman–Crippen LogP) is 0.706. The molecule has 0 bridgehead atoms. The fourth-order valence-electron chi connectivity index (χ4n) is 2.17. The summed E-state index contributed by atoms with van der Waals surface area (Å²) in [7, 11) is 0. The van der Waals surface area contributed by atoms with Crippen molar-refractivity contribution in [2.75, 3.05) is 38.2 Å². The molecule has 5 nitrogen and oxygen atoms in total. The van der Waals surface area contributed by atoms with E-state index in [1.807, 2.05) is 6.07 Å². The normalized spacial score (nSPS) is 20.9. The molecule has 1 aromatic heterocycles. The number of nitrogens with zero attached hydrogens (tertiary/aromatic N) is 2. The summed E-state index contributed by atoms with van der Waals surface area (Å²) in [6, 6.07) is 4.05. The third-order valence-electron chi connectivity index (χ3n) is 3.06. The molecule has 0 spiro atoms. The van der Waals surface area contributed by atoms with Gasteiger partial charge in [0.25, 0.3) is 0 Å². The van der Waals surface area contributed by atoms with E-state index < -0.39 is 0 Å². The van der Waals surface area contributed by atoms with E-state index >= 15 is 0 Å². The molecule has 0 aromatic carbocycles. The van der Waals surface area contributed by atoms with Gasteiger partial charge in [-0.3, -0.25) is 4.90 Å². The van der Waals surface area contributed by atoms with Crippen LogP contribution in [0, 0.1) is 0 Å². The molecule has 1 unspecified atom stereocenters. The first-order chi connectivity index (χ1) is 8.83. The van der Waals surface area contributed by atoms with Gasteiger partial charge in [-0.25, -0.2) is 4.98 Å². The van der Waals surface area contributed by atoms with Crippen molar-refractivity contribution in [1.29, 1.82) is 0 Å². The molecule has 0 saturated carbocycles. The Morgan fingerprint density at radius 3 is 3.28 bits per heavy atom. The highest BCUT2D eigenvalue weighted by Crippen LogP contribution is 2.16. The van der Waals surface area contributed by atoms with Crippen LogP contribution < -0.4 is 5.32 Å². The van der Waals surface area contributed by atoms with Gasteiger partial charge in [0, 0.05) is 37.9 Å². The first kappa shape index (κ1) is 13.3. The molecule has 1 aliphatic rings. The second kappa shape index (κ2) is 6.68. The largest absolute Gasteiger partial charge is 0.394 e. The van der Waals surface area contributed by atoms with E-state index in [0.29, 0.717) is 6.61 Å². The summed E-state index contributed by atoms with van der Waals surface area (Å²) in [6.07, 6.45) is 1.75. The van der Waals surface area contributed by atoms with Gasteiger partial charge in [0.1, 0.15) is 5.82 Å². The van der Waals surface area contributed by atoms with Crippen molar-refractivity contribution in [1.82, 2.24) is 9.88 Å². The third kappa shape index (κ3) is 3.41. The first-order valence-corrected chi connectivity index (χ1v) is 6.46. The fraction of sp³-hybridized carbons (Fsp3) is 0.615. The molecule has 5 heteroatoms. The van der Waals surface area contributed by atoms with E-state index in [-0.39, 0.29) is 12.7 Å². The molecule has 2 heterocycles. The lowest BCUT2D eigenvalue weighted by molar-refractivity contribution is -0.0550. The van der Waals surface area contributed by atoms with Crippen LogP contribution in [0.3, 0.4) is 0 Å². The number of hydrogen-bond donors (Lipinski definition) is 2. The van der Waals surface area contributed by atoms with Crippen LogP contribution in [0.2, 0.25) is 0 Å². The molecular formula is C13H21N3O2. The van der Waals surface area contributed by atoms with E-state index in [1.54, 1.807) is 6.20 Å². The smallest absolute Gasteiger partial charge is 0.130 e. The van der Waals surface area contributed by atoms with Crippen molar-refractivity contribution >= 4 is 5.82 Å². The van der Waals surface area contributed by atoms with Crippen molar-refractivity contribution in [2.24, 2.45) is 0 Å². The number of ether oxygens (including phenoxy) is 1. The van der Waals surface area contributed by atoms with Gasteiger partial charge in [-0.15, -0.1) is 0 Å². The topological polar surface area (TPSA) is 57.6 Å². The number of aliphatic hydroxyl groups excluding tert-OH is 1. The number of aromatic nitrogens is 1. The molecule has 1 saturated heterocycles. The van der Waals surface area contributed by atoms with Gasteiger partial charge in [-0.05, 0) is 13.0 Å². The van der Waals surface area contributed by atoms with Crippen molar-refractivity contribution in [2.45, 2.75) is 19.6 Å². The maximum absolute atomic E-state index is 9.14. The zero-order valence-electron chi connectivity index (χ0n) is 10.8. The average molecular weight is 251 g/mol. The van der Waals surface area contributed by atoms with Gasteiger partial charge < -0.3 is 15.2 Å². The Hall–Kier alpha value is -1.17. The molecule has 2 rings (SSSR count). The minimum Gasteiger partial charge on any atom is -0.394 e. The Balaban J connectivity index is 1.99. The van der Waals surface area contributed by atoms with Crippen LogP contribution in [0.5, 0.6) is 0 Å². The lowest BCUT2D eigenvalue weighted by Crippen LogP contribution is -2.43. The summed E-state index contributed by atoms with van der Waals surface area (Å²) in [6.45, 7) is 6.22. The standard InChI is InChI=1S/C13H21N3O2/c1-2-14-13-11(4-3-5-15-13)8-16-6-7-18-12(9-16)10-17/h3-5,12,17H,2,6-10H2,1H3,(H,14,15). The number of nitrogens with one attached hydrogen (secondary N) is 1. The Labute approximate surface area is 108 Å². The van der Waals surface area contributed by atoms with Crippen LogP contribution in [-0.4, -0.2) is 53.9 Å². The Morgan fingerprint density at radius 2 is 2.50 bits per heavy atom. The van der Waals surface area contributed by atoms with Gasteiger partial charge in [0.2, 0.25) is 0 Å². The second-order valence-electron chi connectivity index (χ2n) is 4.45. The van der Waals surface area contributed by atoms with E-state index in [0.717, 1.165) is 32.0 Å². The van der Waals surface area contributed by atoms with E-state index in [1.165, 1.54) is 5.56 Å². The van der Waals surface area contributed by atoms with E-state index in [4.69, 9.17) is 9.84 Å². The van der Waals surface area contributed by atoms with E-state index in [2.05, 4.69) is 28.2 Å². The maximum Gasteiger partial charge on any atom is 0.130 e. The van der Waals surface area contributed by atoms with Gasteiger partial charge in [-0.2, -0.15) is 0 Å². The summed E-state index contributed by atoms with van der Waals surface area (Å²) in [5.74, 6) is 0.951. The van der Waals surface area contributed by atoms with Crippen molar-refractivity contribution < 1.29 is 9.84 Å². The highest BCUT2D eigenvalue weighted by molar-refractivity contribution is 5.43. The number of rotatable bonds is 5. The lowest BCUT2D eigenvalue weighted by atomic mass is 10.2. The first-order valence-electron chi connectivity index (χ1n) is 6.46. The molecule has 0 amide bonds. The number of morpholine rings is 1. The molecule has 1 aliphatic heterocycles. The van der Waals surface area contributed by atoms with Crippen LogP contribution in [0.15, 0.2) is 18.3 Å². The Bertz CT molecular complexity index is 373. The summed E-state index contributed by atoms with van der Waals surface area (Å²) in [5, 5.41) is 12.4. The quantitative estimate of drug-likeness (QED) is 0.807. The minimum absolute atomic E-state index is 0.0574. The molecule has 0 radical (unpaired) electrons. The fourth-order valence-corrected chi connectivity index (χ4v) is 2.17. The van der Waals surface area contributed by atoms with Gasteiger partial charge in [0.05, 0.1) is 19.3 Å². The monoisotopic (exact) mass is 251 g/mol. The van der Waals surface area contributed by atoms with Crippen LogP contribution in [-0.2, 0) is 11.3 Å². The summed E-state index contributed by atoms with van der Waals surface area (Å²) in [5.41, 5.74) is 1.19. The Kier molecular flexibility index (Phi) is 4.92. The van der Waals surface area contributed by atoms with Crippen LogP contribution in [0.25, 0.3) is 0 Å². The Morgan fingerprint density at radius 1 is 1.61 bits per heavy atom. The second-order valence-corrected chi connectivity index (χ2v) is 4.45. The molecule has 0 aliphatic carbocycles. The molecule has 100 valence electrons. The van der Waals surface area contributed by atoms with Gasteiger partial charge in [-0.1, -0.05) is 6.07 Å². The van der Waals surface area contributed by atoms with Crippen molar-refractivity contribution in [3.63, 3.8) is 0 Å². The zero-order chi connectivity index (χ0) is 12.8. The van der Waals surface area contributed by atoms with Crippen LogP contribution in [0.1, 0.15) is 12.5 Å².